The van der Waals surface area contributed by atoms with Crippen molar-refractivity contribution in [2.45, 2.75) is 51.1 Å². The van der Waals surface area contributed by atoms with Gasteiger partial charge in [0, 0.05) is 17.8 Å². The van der Waals surface area contributed by atoms with Crippen molar-refractivity contribution >= 4 is 11.7 Å². The fraction of sp³-hybridized carbons (Fsp3) is 0.667. The molecule has 1 aromatic heterocycles. The number of aryl methyl sites for hydroxylation is 2. The third-order valence-corrected chi connectivity index (χ3v) is 5.58. The van der Waals surface area contributed by atoms with E-state index in [9.17, 15) is 9.59 Å². The molecule has 0 bridgehead atoms. The minimum absolute atomic E-state index is 0.000701. The summed E-state index contributed by atoms with van der Waals surface area (Å²) < 4.78 is 5.63. The number of H-pyrrole nitrogens is 1. The molecule has 24 heavy (non-hydrogen) atoms. The zero-order chi connectivity index (χ0) is 16.7. The lowest BCUT2D eigenvalue weighted by molar-refractivity contribution is 0.0900. The summed E-state index contributed by atoms with van der Waals surface area (Å²) in [6, 6.07) is 0.251. The Bertz CT molecular complexity index is 661. The number of aromatic amines is 1. The summed E-state index contributed by atoms with van der Waals surface area (Å²) in [6.07, 6.45) is 4.68. The van der Waals surface area contributed by atoms with E-state index in [1.807, 2.05) is 6.92 Å². The third kappa shape index (κ3) is 2.67. The van der Waals surface area contributed by atoms with Crippen LogP contribution in [0.4, 0.5) is 0 Å². The van der Waals surface area contributed by atoms with E-state index >= 15 is 0 Å². The number of hydrogen-bond acceptors (Lipinski definition) is 4. The van der Waals surface area contributed by atoms with Crippen LogP contribution in [-0.4, -0.2) is 60.0 Å². The van der Waals surface area contributed by atoms with Gasteiger partial charge >= 0.3 is 0 Å². The Kier molecular flexibility index (Phi) is 4.18. The molecule has 2 atom stereocenters. The molecule has 3 aliphatic rings. The second kappa shape index (κ2) is 6.33. The maximum absolute atomic E-state index is 12.9. The lowest BCUT2D eigenvalue weighted by Gasteiger charge is -2.28. The molecule has 0 spiro atoms. The fourth-order valence-electron chi connectivity index (χ4n) is 4.37. The van der Waals surface area contributed by atoms with Crippen molar-refractivity contribution in [1.29, 1.82) is 0 Å². The summed E-state index contributed by atoms with van der Waals surface area (Å²) in [5, 5.41) is 3.14. The van der Waals surface area contributed by atoms with Gasteiger partial charge in [0.1, 0.15) is 0 Å². The summed E-state index contributed by atoms with van der Waals surface area (Å²) in [5.41, 5.74) is 2.88. The van der Waals surface area contributed by atoms with Crippen LogP contribution in [0.3, 0.4) is 0 Å². The van der Waals surface area contributed by atoms with Crippen LogP contribution in [0.15, 0.2) is 0 Å². The molecule has 130 valence electrons. The topological polar surface area (TPSA) is 74.4 Å². The first-order valence-electron chi connectivity index (χ1n) is 9.02. The molecule has 2 fully saturated rings. The average molecular weight is 331 g/mol. The maximum atomic E-state index is 12.9. The van der Waals surface area contributed by atoms with E-state index < -0.39 is 0 Å². The van der Waals surface area contributed by atoms with Crippen LogP contribution in [0, 0.1) is 6.92 Å². The van der Waals surface area contributed by atoms with Gasteiger partial charge in [0.25, 0.3) is 5.91 Å². The van der Waals surface area contributed by atoms with E-state index in [-0.39, 0.29) is 23.8 Å². The average Bonchev–Trinajstić information content (AvgIpc) is 3.25. The number of rotatable bonds is 3. The SMILES string of the molecule is Cc1[nH]c2c(c1C(=O)N[C@@H]1COC[C@H]1N1CCCC1)C(=O)CCC2. The van der Waals surface area contributed by atoms with Gasteiger partial charge in [0.15, 0.2) is 5.78 Å². The summed E-state index contributed by atoms with van der Waals surface area (Å²) in [5.74, 6) is -0.0514. The zero-order valence-corrected chi connectivity index (χ0v) is 14.2. The van der Waals surface area contributed by atoms with Crippen molar-refractivity contribution in [3.8, 4) is 0 Å². The van der Waals surface area contributed by atoms with Crippen LogP contribution in [0.2, 0.25) is 0 Å². The lowest BCUT2D eigenvalue weighted by atomic mass is 9.92. The highest BCUT2D eigenvalue weighted by atomic mass is 16.5. The highest BCUT2D eigenvalue weighted by Gasteiger charge is 2.37. The zero-order valence-electron chi connectivity index (χ0n) is 14.2. The first-order chi connectivity index (χ1) is 11.6. The second-order valence-electron chi connectivity index (χ2n) is 7.18. The molecule has 2 saturated heterocycles. The predicted molar refractivity (Wildman–Crippen MR) is 89.5 cm³/mol. The van der Waals surface area contributed by atoms with Crippen molar-refractivity contribution in [2.75, 3.05) is 26.3 Å². The summed E-state index contributed by atoms with van der Waals surface area (Å²) in [7, 11) is 0. The van der Waals surface area contributed by atoms with E-state index in [0.717, 1.165) is 37.3 Å². The normalized spacial score (nSPS) is 27.5. The number of carbonyl (C=O) groups is 2. The van der Waals surface area contributed by atoms with Gasteiger partial charge in [-0.25, -0.2) is 0 Å². The Hall–Kier alpha value is -1.66. The monoisotopic (exact) mass is 331 g/mol. The number of Topliss-reactive ketones (excluding diaryl/α,β-unsaturated/α-hetero) is 1. The number of ether oxygens (including phenoxy) is 1. The van der Waals surface area contributed by atoms with Crippen molar-refractivity contribution < 1.29 is 14.3 Å². The molecule has 1 amide bonds. The number of nitrogens with one attached hydrogen (secondary N) is 2. The van der Waals surface area contributed by atoms with E-state index in [1.54, 1.807) is 0 Å². The molecule has 2 aliphatic heterocycles. The Morgan fingerprint density at radius 2 is 2.00 bits per heavy atom. The highest BCUT2D eigenvalue weighted by molar-refractivity contribution is 6.10. The molecular formula is C18H25N3O3. The van der Waals surface area contributed by atoms with Gasteiger partial charge in [-0.2, -0.15) is 0 Å². The molecule has 6 nitrogen and oxygen atoms in total. The molecule has 0 saturated carbocycles. The number of hydrogen-bond donors (Lipinski definition) is 2. The van der Waals surface area contributed by atoms with Gasteiger partial charge in [-0.1, -0.05) is 0 Å². The first kappa shape index (κ1) is 15.8. The van der Waals surface area contributed by atoms with Crippen LogP contribution >= 0.6 is 0 Å². The molecule has 4 rings (SSSR count). The molecule has 1 aliphatic carbocycles. The van der Waals surface area contributed by atoms with Crippen LogP contribution in [0.1, 0.15) is 57.8 Å². The van der Waals surface area contributed by atoms with Gasteiger partial charge < -0.3 is 15.0 Å². The minimum Gasteiger partial charge on any atom is -0.378 e. The van der Waals surface area contributed by atoms with Gasteiger partial charge in [-0.05, 0) is 45.7 Å². The molecule has 3 heterocycles. The van der Waals surface area contributed by atoms with E-state index in [2.05, 4.69) is 15.2 Å². The number of ketones is 1. The summed E-state index contributed by atoms with van der Waals surface area (Å²) >= 11 is 0. The van der Waals surface area contributed by atoms with Crippen LogP contribution in [-0.2, 0) is 11.2 Å². The molecular weight excluding hydrogens is 306 g/mol. The number of nitrogens with zero attached hydrogens (tertiary/aromatic N) is 1. The van der Waals surface area contributed by atoms with Crippen molar-refractivity contribution in [1.82, 2.24) is 15.2 Å². The minimum atomic E-state index is -0.139. The molecule has 2 N–H and O–H groups in total. The number of aromatic nitrogens is 1. The summed E-state index contributed by atoms with van der Waals surface area (Å²) in [4.78, 5) is 30.9. The molecule has 0 unspecified atom stereocenters. The van der Waals surface area contributed by atoms with Crippen LogP contribution < -0.4 is 5.32 Å². The number of likely N-dealkylation sites (tertiary alicyclic amines) is 1. The van der Waals surface area contributed by atoms with Gasteiger partial charge in [-0.15, -0.1) is 0 Å². The van der Waals surface area contributed by atoms with Crippen molar-refractivity contribution in [2.24, 2.45) is 0 Å². The predicted octanol–water partition coefficient (Wildman–Crippen LogP) is 1.44. The molecule has 1 aromatic rings. The van der Waals surface area contributed by atoms with Gasteiger partial charge in [-0.3, -0.25) is 14.5 Å². The summed E-state index contributed by atoms with van der Waals surface area (Å²) in [6.45, 7) is 5.26. The van der Waals surface area contributed by atoms with E-state index in [0.29, 0.717) is 30.8 Å². The number of amides is 1. The molecule has 0 radical (unpaired) electrons. The highest BCUT2D eigenvalue weighted by Crippen LogP contribution is 2.27. The van der Waals surface area contributed by atoms with Gasteiger partial charge in [0.2, 0.25) is 0 Å². The van der Waals surface area contributed by atoms with Crippen LogP contribution in [0.5, 0.6) is 0 Å². The number of fused-ring (bicyclic) bond motifs is 1. The van der Waals surface area contributed by atoms with Crippen molar-refractivity contribution in [3.63, 3.8) is 0 Å². The Balaban J connectivity index is 1.54. The van der Waals surface area contributed by atoms with Crippen molar-refractivity contribution in [3.05, 3.63) is 22.5 Å². The maximum Gasteiger partial charge on any atom is 0.254 e. The second-order valence-corrected chi connectivity index (χ2v) is 7.18. The third-order valence-electron chi connectivity index (χ3n) is 5.58. The first-order valence-corrected chi connectivity index (χ1v) is 9.02. The Morgan fingerprint density at radius 1 is 1.21 bits per heavy atom. The van der Waals surface area contributed by atoms with Gasteiger partial charge in [0.05, 0.1) is 36.4 Å². The smallest absolute Gasteiger partial charge is 0.254 e. The number of carbonyl (C=O) groups excluding carboxylic acids is 2. The standard InChI is InChI=1S/C18H25N3O3/c1-11-16(17-12(19-11)5-4-6-15(17)22)18(23)20-13-9-24-10-14(13)21-7-2-3-8-21/h13-14,19H,2-10H2,1H3,(H,20,23)/t13-,14-/m1/s1. The van der Waals surface area contributed by atoms with E-state index in [1.165, 1.54) is 12.8 Å². The molecule has 6 heteroatoms. The Labute approximate surface area is 141 Å². The fourth-order valence-corrected chi connectivity index (χ4v) is 4.37. The van der Waals surface area contributed by atoms with Crippen LogP contribution in [0.25, 0.3) is 0 Å². The quantitative estimate of drug-likeness (QED) is 0.879. The van der Waals surface area contributed by atoms with E-state index in [4.69, 9.17) is 4.74 Å². The Morgan fingerprint density at radius 3 is 2.79 bits per heavy atom. The lowest BCUT2D eigenvalue weighted by Crippen LogP contribution is -2.50. The molecule has 0 aromatic carbocycles. The largest absolute Gasteiger partial charge is 0.378 e.